The molecule has 2 aliphatic rings. The highest BCUT2D eigenvalue weighted by Crippen LogP contribution is 2.18. The first-order valence-corrected chi connectivity index (χ1v) is 7.75. The number of rotatable bonds is 3. The van der Waals surface area contributed by atoms with Crippen LogP contribution in [0.5, 0.6) is 0 Å². The van der Waals surface area contributed by atoms with Gasteiger partial charge in [0.25, 0.3) is 0 Å². The highest BCUT2D eigenvalue weighted by Gasteiger charge is 2.26. The predicted molar refractivity (Wildman–Crippen MR) is 81.9 cm³/mol. The molecule has 0 saturated carbocycles. The van der Waals surface area contributed by atoms with E-state index in [1.54, 1.807) is 6.20 Å². The van der Waals surface area contributed by atoms with Gasteiger partial charge in [0.1, 0.15) is 11.8 Å². The van der Waals surface area contributed by atoms with E-state index in [-0.39, 0.29) is 6.10 Å². The average molecular weight is 339 g/mol. The molecule has 0 radical (unpaired) electrons. The molecule has 108 valence electrons. The Morgan fingerprint density at radius 3 is 2.80 bits per heavy atom. The molecule has 0 aliphatic carbocycles. The van der Waals surface area contributed by atoms with Gasteiger partial charge in [-0.2, -0.15) is 0 Å². The summed E-state index contributed by atoms with van der Waals surface area (Å²) < 4.78 is 0.981. The van der Waals surface area contributed by atoms with Gasteiger partial charge in [-0.25, -0.2) is 0 Å². The Kier molecular flexibility index (Phi) is 4.33. The highest BCUT2D eigenvalue weighted by atomic mass is 79.9. The molecular weight excluding hydrogens is 320 g/mol. The van der Waals surface area contributed by atoms with Crippen molar-refractivity contribution in [2.75, 3.05) is 39.8 Å². The number of piperazine rings is 1. The van der Waals surface area contributed by atoms with Gasteiger partial charge in [-0.05, 0) is 35.1 Å². The van der Waals surface area contributed by atoms with Crippen LogP contribution in [0.4, 0.5) is 0 Å². The Labute approximate surface area is 127 Å². The van der Waals surface area contributed by atoms with Gasteiger partial charge in [-0.3, -0.25) is 9.88 Å². The van der Waals surface area contributed by atoms with Crippen LogP contribution in [-0.4, -0.2) is 66.4 Å². The molecule has 1 saturated heterocycles. The molecule has 6 heteroatoms. The zero-order valence-electron chi connectivity index (χ0n) is 11.6. The van der Waals surface area contributed by atoms with Crippen molar-refractivity contribution < 1.29 is 4.84 Å². The quantitative estimate of drug-likeness (QED) is 0.839. The molecule has 0 amide bonds. The second-order valence-corrected chi connectivity index (χ2v) is 6.35. The van der Waals surface area contributed by atoms with Crippen LogP contribution >= 0.6 is 15.9 Å². The summed E-state index contributed by atoms with van der Waals surface area (Å²) in [5.74, 6) is 0. The summed E-state index contributed by atoms with van der Waals surface area (Å²) in [5.41, 5.74) is 1.87. The molecule has 0 unspecified atom stereocenters. The molecule has 0 aromatic carbocycles. The van der Waals surface area contributed by atoms with Crippen LogP contribution in [0.2, 0.25) is 0 Å². The Morgan fingerprint density at radius 2 is 2.10 bits per heavy atom. The highest BCUT2D eigenvalue weighted by molar-refractivity contribution is 9.10. The van der Waals surface area contributed by atoms with Crippen LogP contribution in [0, 0.1) is 0 Å². The maximum absolute atomic E-state index is 5.56. The molecule has 0 bridgehead atoms. The van der Waals surface area contributed by atoms with E-state index in [0.717, 1.165) is 55.0 Å². The van der Waals surface area contributed by atoms with E-state index in [9.17, 15) is 0 Å². The van der Waals surface area contributed by atoms with Crippen LogP contribution in [-0.2, 0) is 4.84 Å². The van der Waals surface area contributed by atoms with Crippen LogP contribution in [0.25, 0.3) is 0 Å². The Hall–Kier alpha value is -0.980. The number of nitrogens with zero attached hydrogens (tertiary/aromatic N) is 4. The lowest BCUT2D eigenvalue weighted by atomic mass is 10.1. The summed E-state index contributed by atoms with van der Waals surface area (Å²) in [6, 6.07) is 3.96. The smallest absolute Gasteiger partial charge is 0.145 e. The largest absolute Gasteiger partial charge is 0.390 e. The van der Waals surface area contributed by atoms with Crippen molar-refractivity contribution in [3.8, 4) is 0 Å². The number of halogens is 1. The normalized spacial score (nSPS) is 24.5. The third-order valence-corrected chi connectivity index (χ3v) is 4.28. The zero-order chi connectivity index (χ0) is 13.9. The van der Waals surface area contributed by atoms with Gasteiger partial charge in [0.2, 0.25) is 0 Å². The van der Waals surface area contributed by atoms with Crippen molar-refractivity contribution in [3.05, 3.63) is 28.5 Å². The predicted octanol–water partition coefficient (Wildman–Crippen LogP) is 1.58. The van der Waals surface area contributed by atoms with Gasteiger partial charge in [0, 0.05) is 49.8 Å². The van der Waals surface area contributed by atoms with E-state index in [2.05, 4.69) is 42.9 Å². The van der Waals surface area contributed by atoms with E-state index < -0.39 is 0 Å². The molecule has 0 spiro atoms. The van der Waals surface area contributed by atoms with Crippen molar-refractivity contribution in [3.63, 3.8) is 0 Å². The van der Waals surface area contributed by atoms with Crippen LogP contribution in [0.1, 0.15) is 12.1 Å². The van der Waals surface area contributed by atoms with E-state index in [1.165, 1.54) is 0 Å². The van der Waals surface area contributed by atoms with Crippen molar-refractivity contribution in [1.82, 2.24) is 14.8 Å². The van der Waals surface area contributed by atoms with E-state index >= 15 is 0 Å². The number of likely N-dealkylation sites (N-methyl/N-ethyl adjacent to an activating group) is 1. The van der Waals surface area contributed by atoms with Crippen molar-refractivity contribution in [2.24, 2.45) is 5.16 Å². The van der Waals surface area contributed by atoms with Crippen molar-refractivity contribution in [2.45, 2.75) is 12.5 Å². The minimum atomic E-state index is 0.166. The molecule has 0 N–H and O–H groups in total. The third-order valence-electron chi connectivity index (χ3n) is 3.81. The zero-order valence-corrected chi connectivity index (χ0v) is 13.2. The first kappa shape index (κ1) is 14.0. The summed E-state index contributed by atoms with van der Waals surface area (Å²) in [4.78, 5) is 14.8. The fourth-order valence-electron chi connectivity index (χ4n) is 2.54. The van der Waals surface area contributed by atoms with Crippen LogP contribution in [0.15, 0.2) is 28.0 Å². The summed E-state index contributed by atoms with van der Waals surface area (Å²) in [6.45, 7) is 5.45. The third kappa shape index (κ3) is 3.37. The van der Waals surface area contributed by atoms with E-state index in [1.807, 2.05) is 12.1 Å². The molecule has 1 fully saturated rings. The van der Waals surface area contributed by atoms with Gasteiger partial charge in [0.05, 0.1) is 5.69 Å². The Morgan fingerprint density at radius 1 is 1.30 bits per heavy atom. The summed E-state index contributed by atoms with van der Waals surface area (Å²) >= 11 is 3.39. The van der Waals surface area contributed by atoms with Crippen molar-refractivity contribution in [1.29, 1.82) is 0 Å². The van der Waals surface area contributed by atoms with Gasteiger partial charge in [-0.1, -0.05) is 5.16 Å². The van der Waals surface area contributed by atoms with Crippen LogP contribution < -0.4 is 0 Å². The van der Waals surface area contributed by atoms with Crippen molar-refractivity contribution >= 4 is 21.6 Å². The second kappa shape index (κ2) is 6.20. The number of oxime groups is 1. The molecule has 5 nitrogen and oxygen atoms in total. The lowest BCUT2D eigenvalue weighted by Gasteiger charge is -2.33. The molecule has 1 aromatic rings. The molecule has 2 aliphatic heterocycles. The minimum Gasteiger partial charge on any atom is -0.390 e. The summed E-state index contributed by atoms with van der Waals surface area (Å²) in [6.07, 6.45) is 2.81. The average Bonchev–Trinajstić information content (AvgIpc) is 2.91. The monoisotopic (exact) mass is 338 g/mol. The molecule has 1 aromatic heterocycles. The SMILES string of the molecule is CN1CCN(C[C@@H]2CC(c3ccc(Br)cn3)=NO2)CC1. The number of hydrogen-bond acceptors (Lipinski definition) is 5. The van der Waals surface area contributed by atoms with Crippen LogP contribution in [0.3, 0.4) is 0 Å². The minimum absolute atomic E-state index is 0.166. The van der Waals surface area contributed by atoms with Gasteiger partial charge >= 0.3 is 0 Å². The van der Waals surface area contributed by atoms with Gasteiger partial charge < -0.3 is 9.74 Å². The standard InChI is InChI=1S/C14H19BrN4O/c1-18-4-6-19(7-5-18)10-12-8-14(17-20-12)13-3-2-11(15)9-16-13/h2-3,9,12H,4-8,10H2,1H3/t12-/m0/s1. The van der Waals surface area contributed by atoms with Gasteiger partial charge in [-0.15, -0.1) is 0 Å². The molecular formula is C14H19BrN4O. The molecule has 3 rings (SSSR count). The fourth-order valence-corrected chi connectivity index (χ4v) is 2.78. The summed E-state index contributed by atoms with van der Waals surface area (Å²) in [7, 11) is 2.17. The fraction of sp³-hybridized carbons (Fsp3) is 0.571. The van der Waals surface area contributed by atoms with E-state index in [0.29, 0.717) is 0 Å². The summed E-state index contributed by atoms with van der Waals surface area (Å²) in [5, 5.41) is 4.20. The lowest BCUT2D eigenvalue weighted by Crippen LogP contribution is -2.47. The molecule has 3 heterocycles. The van der Waals surface area contributed by atoms with Gasteiger partial charge in [0.15, 0.2) is 0 Å². The first-order chi connectivity index (χ1) is 9.70. The lowest BCUT2D eigenvalue weighted by molar-refractivity contribution is 0.0384. The molecule has 20 heavy (non-hydrogen) atoms. The number of pyridine rings is 1. The number of aromatic nitrogens is 1. The topological polar surface area (TPSA) is 41.0 Å². The van der Waals surface area contributed by atoms with E-state index in [4.69, 9.17) is 4.84 Å². The second-order valence-electron chi connectivity index (χ2n) is 5.44. The maximum Gasteiger partial charge on any atom is 0.145 e. The Bertz CT molecular complexity index is 482. The first-order valence-electron chi connectivity index (χ1n) is 6.96. The molecule has 1 atom stereocenters. The number of hydrogen-bond donors (Lipinski definition) is 0. The maximum atomic E-state index is 5.56. The Balaban J connectivity index is 1.52.